The minimum atomic E-state index is -0.540. The molecule has 0 saturated carbocycles. The van der Waals surface area contributed by atoms with Crippen LogP contribution >= 0.6 is 0 Å². The van der Waals surface area contributed by atoms with Gasteiger partial charge in [-0.3, -0.25) is 0 Å². The van der Waals surface area contributed by atoms with Crippen LogP contribution in [-0.2, 0) is 19.0 Å². The molecule has 0 N–H and O–H groups in total. The molecule has 4 heteroatoms. The van der Waals surface area contributed by atoms with Crippen LogP contribution in [0.25, 0.3) is 0 Å². The molecular weight excluding hydrogens is 208 g/mol. The van der Waals surface area contributed by atoms with Gasteiger partial charge in [0.2, 0.25) is 0 Å². The minimum Gasteiger partial charge on any atom is -0.464 e. The molecule has 0 aromatic rings. The molecule has 1 heterocycles. The van der Waals surface area contributed by atoms with E-state index in [0.29, 0.717) is 12.5 Å². The highest BCUT2D eigenvalue weighted by Crippen LogP contribution is 2.15. The van der Waals surface area contributed by atoms with Crippen molar-refractivity contribution in [2.24, 2.45) is 5.92 Å². The summed E-state index contributed by atoms with van der Waals surface area (Å²) in [6.07, 6.45) is 2.25. The Bertz CT molecular complexity index is 209. The number of ether oxygens (including phenoxy) is 3. The summed E-state index contributed by atoms with van der Waals surface area (Å²) < 4.78 is 16.0. The van der Waals surface area contributed by atoms with Crippen LogP contribution in [0.5, 0.6) is 0 Å². The summed E-state index contributed by atoms with van der Waals surface area (Å²) in [6.45, 7) is 6.88. The lowest BCUT2D eigenvalue weighted by Gasteiger charge is -2.25. The first-order valence-corrected chi connectivity index (χ1v) is 6.03. The number of carbonyl (C=O) groups excluding carboxylic acids is 1. The van der Waals surface area contributed by atoms with E-state index in [-0.39, 0.29) is 12.3 Å². The van der Waals surface area contributed by atoms with E-state index in [4.69, 9.17) is 14.2 Å². The zero-order valence-electron chi connectivity index (χ0n) is 10.4. The molecule has 2 atom stereocenters. The zero-order chi connectivity index (χ0) is 12.0. The van der Waals surface area contributed by atoms with E-state index in [9.17, 15) is 4.79 Å². The summed E-state index contributed by atoms with van der Waals surface area (Å²) in [4.78, 5) is 11.5. The lowest BCUT2D eigenvalue weighted by Crippen LogP contribution is -2.32. The molecule has 0 spiro atoms. The normalized spacial score (nSPS) is 23.1. The van der Waals surface area contributed by atoms with Crippen molar-refractivity contribution in [3.8, 4) is 0 Å². The fourth-order valence-corrected chi connectivity index (χ4v) is 1.47. The molecule has 16 heavy (non-hydrogen) atoms. The van der Waals surface area contributed by atoms with E-state index >= 15 is 0 Å². The number of esters is 1. The lowest BCUT2D eigenvalue weighted by atomic mass is 10.2. The summed E-state index contributed by atoms with van der Waals surface area (Å²) >= 11 is 0. The van der Waals surface area contributed by atoms with Crippen molar-refractivity contribution in [1.29, 1.82) is 0 Å². The Morgan fingerprint density at radius 1 is 1.38 bits per heavy atom. The Balaban J connectivity index is 2.21. The second-order valence-electron chi connectivity index (χ2n) is 4.60. The predicted octanol–water partition coefficient (Wildman–Crippen LogP) is 2.12. The molecule has 1 rings (SSSR count). The Morgan fingerprint density at radius 2 is 2.12 bits per heavy atom. The summed E-state index contributed by atoms with van der Waals surface area (Å²) in [5.74, 6) is 0.0463. The van der Waals surface area contributed by atoms with Crippen molar-refractivity contribution in [3.05, 3.63) is 0 Å². The summed E-state index contributed by atoms with van der Waals surface area (Å²) in [5, 5.41) is 0. The molecule has 1 aliphatic rings. The Kier molecular flexibility index (Phi) is 5.77. The van der Waals surface area contributed by atoms with E-state index in [1.165, 1.54) is 0 Å². The molecule has 0 aromatic heterocycles. The predicted molar refractivity (Wildman–Crippen MR) is 59.9 cm³/mol. The molecule has 1 saturated heterocycles. The van der Waals surface area contributed by atoms with Gasteiger partial charge >= 0.3 is 5.97 Å². The number of hydrogen-bond donors (Lipinski definition) is 0. The maximum Gasteiger partial charge on any atom is 0.335 e. The smallest absolute Gasteiger partial charge is 0.335 e. The van der Waals surface area contributed by atoms with E-state index in [0.717, 1.165) is 25.9 Å². The van der Waals surface area contributed by atoms with Gasteiger partial charge in [-0.2, -0.15) is 0 Å². The zero-order valence-corrected chi connectivity index (χ0v) is 10.4. The van der Waals surface area contributed by atoms with Crippen molar-refractivity contribution < 1.29 is 19.0 Å². The largest absolute Gasteiger partial charge is 0.464 e. The van der Waals surface area contributed by atoms with Gasteiger partial charge in [0.1, 0.15) is 0 Å². The van der Waals surface area contributed by atoms with Crippen molar-refractivity contribution in [1.82, 2.24) is 0 Å². The summed E-state index contributed by atoms with van der Waals surface area (Å²) in [5.41, 5.74) is 0. The molecule has 4 nitrogen and oxygen atoms in total. The Labute approximate surface area is 97.2 Å². The summed E-state index contributed by atoms with van der Waals surface area (Å²) in [7, 11) is 0. The van der Waals surface area contributed by atoms with Crippen molar-refractivity contribution >= 4 is 5.97 Å². The van der Waals surface area contributed by atoms with E-state index in [2.05, 4.69) is 0 Å². The quantitative estimate of drug-likeness (QED) is 0.679. The van der Waals surface area contributed by atoms with Gasteiger partial charge in [0.15, 0.2) is 12.4 Å². The van der Waals surface area contributed by atoms with Gasteiger partial charge in [-0.25, -0.2) is 4.79 Å². The maximum atomic E-state index is 11.5. The van der Waals surface area contributed by atoms with Gasteiger partial charge < -0.3 is 14.2 Å². The van der Waals surface area contributed by atoms with Crippen LogP contribution in [0.15, 0.2) is 0 Å². The van der Waals surface area contributed by atoms with E-state index in [1.54, 1.807) is 6.92 Å². The third-order valence-electron chi connectivity index (χ3n) is 2.38. The third-order valence-corrected chi connectivity index (χ3v) is 2.38. The van der Waals surface area contributed by atoms with Crippen molar-refractivity contribution in [3.63, 3.8) is 0 Å². The van der Waals surface area contributed by atoms with Crippen LogP contribution < -0.4 is 0 Å². The monoisotopic (exact) mass is 230 g/mol. The minimum absolute atomic E-state index is 0.240. The van der Waals surface area contributed by atoms with Crippen LogP contribution in [0, 0.1) is 5.92 Å². The van der Waals surface area contributed by atoms with Gasteiger partial charge in [0.05, 0.1) is 6.61 Å². The molecule has 0 amide bonds. The van der Waals surface area contributed by atoms with Gasteiger partial charge in [-0.05, 0) is 32.1 Å². The van der Waals surface area contributed by atoms with Gasteiger partial charge in [0, 0.05) is 6.61 Å². The van der Waals surface area contributed by atoms with Gasteiger partial charge in [0.25, 0.3) is 0 Å². The van der Waals surface area contributed by atoms with Crippen LogP contribution in [0.2, 0.25) is 0 Å². The first-order chi connectivity index (χ1) is 7.59. The van der Waals surface area contributed by atoms with Crippen LogP contribution in [0.4, 0.5) is 0 Å². The molecule has 0 unspecified atom stereocenters. The van der Waals surface area contributed by atoms with E-state index in [1.807, 2.05) is 13.8 Å². The molecule has 1 fully saturated rings. The van der Waals surface area contributed by atoms with Crippen LogP contribution in [0.1, 0.15) is 40.0 Å². The maximum absolute atomic E-state index is 11.5. The lowest BCUT2D eigenvalue weighted by molar-refractivity contribution is -0.201. The fraction of sp³-hybridized carbons (Fsp3) is 0.917. The molecule has 1 aliphatic heterocycles. The second kappa shape index (κ2) is 6.86. The van der Waals surface area contributed by atoms with Crippen LogP contribution in [-0.4, -0.2) is 31.6 Å². The Morgan fingerprint density at radius 3 is 2.69 bits per heavy atom. The number of carbonyl (C=O) groups is 1. The first-order valence-electron chi connectivity index (χ1n) is 6.03. The molecule has 0 radical (unpaired) electrons. The summed E-state index contributed by atoms with van der Waals surface area (Å²) in [6, 6.07) is 0. The first kappa shape index (κ1) is 13.5. The average Bonchev–Trinajstić information content (AvgIpc) is 2.27. The topological polar surface area (TPSA) is 44.8 Å². The highest BCUT2D eigenvalue weighted by atomic mass is 16.7. The van der Waals surface area contributed by atoms with E-state index < -0.39 is 6.10 Å². The molecule has 0 aromatic carbocycles. The Hall–Kier alpha value is -0.610. The molecule has 0 aliphatic carbocycles. The molecule has 94 valence electrons. The van der Waals surface area contributed by atoms with Crippen molar-refractivity contribution in [2.75, 3.05) is 13.2 Å². The highest BCUT2D eigenvalue weighted by Gasteiger charge is 2.22. The number of hydrogen-bond acceptors (Lipinski definition) is 4. The average molecular weight is 230 g/mol. The van der Waals surface area contributed by atoms with Gasteiger partial charge in [-0.15, -0.1) is 0 Å². The SMILES string of the molecule is CC(C)COC(=O)[C@@H](C)O[C@@H]1CCCCO1. The molecule has 0 bridgehead atoms. The second-order valence-corrected chi connectivity index (χ2v) is 4.60. The number of rotatable bonds is 5. The van der Waals surface area contributed by atoms with Crippen LogP contribution in [0.3, 0.4) is 0 Å². The fourth-order valence-electron chi connectivity index (χ4n) is 1.47. The standard InChI is InChI=1S/C12H22O4/c1-9(2)8-15-12(13)10(3)16-11-6-4-5-7-14-11/h9-11H,4-8H2,1-3H3/t10-,11-/m1/s1. The van der Waals surface area contributed by atoms with Gasteiger partial charge in [-0.1, -0.05) is 13.8 Å². The van der Waals surface area contributed by atoms with Crippen molar-refractivity contribution in [2.45, 2.75) is 52.4 Å². The highest BCUT2D eigenvalue weighted by molar-refractivity contribution is 5.74. The third kappa shape index (κ3) is 4.94. The molecular formula is C12H22O4.